The quantitative estimate of drug-likeness (QED) is 0.440. The molecule has 1 saturated heterocycles. The number of ether oxygens (including phenoxy) is 1. The molecule has 1 aliphatic heterocycles. The second-order valence-electron chi connectivity index (χ2n) is 9.23. The Morgan fingerprint density at radius 3 is 2.79 bits per heavy atom. The molecule has 0 spiro atoms. The molecule has 1 unspecified atom stereocenters. The number of aromatic nitrogens is 2. The molecule has 0 bridgehead atoms. The lowest BCUT2D eigenvalue weighted by atomic mass is 10.0. The molecule has 7 heteroatoms. The van der Waals surface area contributed by atoms with Crippen LogP contribution in [0.15, 0.2) is 48.7 Å². The van der Waals surface area contributed by atoms with Gasteiger partial charge in [-0.1, -0.05) is 49.2 Å². The molecule has 0 saturated carbocycles. The maximum absolute atomic E-state index is 13.0. The van der Waals surface area contributed by atoms with Crippen LogP contribution >= 0.6 is 0 Å². The molecule has 1 aromatic heterocycles. The highest BCUT2D eigenvalue weighted by Crippen LogP contribution is 2.26. The number of hydrogen-bond acceptors (Lipinski definition) is 5. The zero-order valence-corrected chi connectivity index (χ0v) is 20.0. The number of aromatic amines is 1. The van der Waals surface area contributed by atoms with Crippen LogP contribution in [-0.2, 0) is 14.3 Å². The summed E-state index contributed by atoms with van der Waals surface area (Å²) in [4.78, 5) is 34.4. The second-order valence-corrected chi connectivity index (χ2v) is 9.23. The van der Waals surface area contributed by atoms with Gasteiger partial charge in [0.2, 0.25) is 0 Å². The number of fused-ring (bicyclic) bond motifs is 1. The summed E-state index contributed by atoms with van der Waals surface area (Å²) in [5, 5.41) is 5.53. The number of carbonyl (C=O) groups is 2. The topological polar surface area (TPSA) is 87.3 Å². The zero-order chi connectivity index (χ0) is 23.9. The predicted molar refractivity (Wildman–Crippen MR) is 133 cm³/mol. The first-order valence-corrected chi connectivity index (χ1v) is 12.1. The number of ketones is 1. The number of likely N-dealkylation sites (N-methyl/N-ethyl adjacent to an activating group) is 1. The van der Waals surface area contributed by atoms with Crippen LogP contribution in [0.25, 0.3) is 22.0 Å². The van der Waals surface area contributed by atoms with Gasteiger partial charge in [-0.2, -0.15) is 0 Å². The van der Waals surface area contributed by atoms with Crippen LogP contribution in [0.2, 0.25) is 0 Å². The lowest BCUT2D eigenvalue weighted by molar-refractivity contribution is -0.138. The monoisotopic (exact) mass is 462 g/mol. The van der Waals surface area contributed by atoms with E-state index in [0.29, 0.717) is 19.6 Å². The van der Waals surface area contributed by atoms with E-state index in [-0.39, 0.29) is 17.7 Å². The number of nitrogens with zero attached hydrogens (tertiary/aromatic N) is 2. The van der Waals surface area contributed by atoms with E-state index in [4.69, 9.17) is 4.74 Å². The van der Waals surface area contributed by atoms with E-state index in [2.05, 4.69) is 50.5 Å². The van der Waals surface area contributed by atoms with E-state index < -0.39 is 6.10 Å². The van der Waals surface area contributed by atoms with E-state index in [0.717, 1.165) is 49.3 Å². The largest absolute Gasteiger partial charge is 0.366 e. The highest BCUT2D eigenvalue weighted by atomic mass is 16.5. The van der Waals surface area contributed by atoms with E-state index in [1.807, 2.05) is 25.4 Å². The third kappa shape index (κ3) is 6.30. The fourth-order valence-electron chi connectivity index (χ4n) is 4.39. The van der Waals surface area contributed by atoms with Gasteiger partial charge >= 0.3 is 0 Å². The van der Waals surface area contributed by atoms with Gasteiger partial charge in [-0.05, 0) is 43.7 Å². The molecule has 2 atom stereocenters. The van der Waals surface area contributed by atoms with Crippen molar-refractivity contribution in [2.45, 2.75) is 51.2 Å². The summed E-state index contributed by atoms with van der Waals surface area (Å²) in [6, 6.07) is 14.4. The van der Waals surface area contributed by atoms with Crippen molar-refractivity contribution in [1.29, 1.82) is 0 Å². The van der Waals surface area contributed by atoms with Crippen LogP contribution in [0, 0.1) is 0 Å². The normalized spacial score (nSPS) is 17.5. The molecule has 180 valence electrons. The van der Waals surface area contributed by atoms with Crippen molar-refractivity contribution in [1.82, 2.24) is 20.2 Å². The SMILES string of the molecule is CC(=O)CCCCC[C@H](NC(=O)C1CN(C)CCO1)c1ncc(-c2ccc3ccccc3c2)[nH]1. The Bertz CT molecular complexity index is 1130. The maximum Gasteiger partial charge on any atom is 0.251 e. The standard InChI is InChI=1S/C27H34N4O3/c1-19(32)8-4-3-5-11-23(30-27(33)25-18-31(2)14-15-34-25)26-28-17-24(29-26)22-13-12-20-9-6-7-10-21(20)16-22/h6-7,9-10,12-13,16-17,23,25H,3-5,8,11,14-15,18H2,1-2H3,(H,28,29)(H,30,33)/t23-,25?/m0/s1. The molecule has 0 aliphatic carbocycles. The van der Waals surface area contributed by atoms with Crippen molar-refractivity contribution in [3.05, 3.63) is 54.5 Å². The molecule has 7 nitrogen and oxygen atoms in total. The van der Waals surface area contributed by atoms with Gasteiger partial charge in [0.25, 0.3) is 5.91 Å². The maximum atomic E-state index is 13.0. The summed E-state index contributed by atoms with van der Waals surface area (Å²) >= 11 is 0. The molecule has 1 aliphatic rings. The Labute approximate surface area is 200 Å². The first kappa shape index (κ1) is 24.1. The van der Waals surface area contributed by atoms with Gasteiger partial charge in [0, 0.05) is 25.1 Å². The highest BCUT2D eigenvalue weighted by molar-refractivity contribution is 5.86. The molecule has 1 amide bonds. The van der Waals surface area contributed by atoms with E-state index in [9.17, 15) is 9.59 Å². The van der Waals surface area contributed by atoms with Crippen LogP contribution in [0.4, 0.5) is 0 Å². The summed E-state index contributed by atoms with van der Waals surface area (Å²) in [6.45, 7) is 3.59. The van der Waals surface area contributed by atoms with Crippen molar-refractivity contribution in [2.75, 3.05) is 26.7 Å². The Kier molecular flexibility index (Phi) is 8.08. The first-order valence-electron chi connectivity index (χ1n) is 12.1. The summed E-state index contributed by atoms with van der Waals surface area (Å²) in [7, 11) is 2.00. The minimum atomic E-state index is -0.478. The summed E-state index contributed by atoms with van der Waals surface area (Å²) in [6.07, 6.45) is 5.41. The lowest BCUT2D eigenvalue weighted by Crippen LogP contribution is -2.49. The first-order chi connectivity index (χ1) is 16.5. The van der Waals surface area contributed by atoms with Crippen molar-refractivity contribution < 1.29 is 14.3 Å². The molecule has 2 aromatic carbocycles. The molecule has 34 heavy (non-hydrogen) atoms. The minimum Gasteiger partial charge on any atom is -0.366 e. The molecule has 4 rings (SSSR count). The number of carbonyl (C=O) groups excluding carboxylic acids is 2. The average Bonchev–Trinajstić information content (AvgIpc) is 3.33. The van der Waals surface area contributed by atoms with Crippen molar-refractivity contribution in [2.24, 2.45) is 0 Å². The summed E-state index contributed by atoms with van der Waals surface area (Å²) in [5.41, 5.74) is 1.98. The fourth-order valence-corrected chi connectivity index (χ4v) is 4.39. The van der Waals surface area contributed by atoms with Gasteiger partial charge in [-0.25, -0.2) is 4.98 Å². The van der Waals surface area contributed by atoms with E-state index in [1.165, 1.54) is 10.8 Å². The Morgan fingerprint density at radius 2 is 2.00 bits per heavy atom. The number of Topliss-reactive ketones (excluding diaryl/α,β-unsaturated/α-hetero) is 1. The predicted octanol–water partition coefficient (Wildman–Crippen LogP) is 4.26. The number of amides is 1. The Hall–Kier alpha value is -3.03. The van der Waals surface area contributed by atoms with Gasteiger partial charge in [0.05, 0.1) is 24.5 Å². The molecular weight excluding hydrogens is 428 g/mol. The second kappa shape index (κ2) is 11.4. The lowest BCUT2D eigenvalue weighted by Gasteiger charge is -2.30. The van der Waals surface area contributed by atoms with Crippen molar-refractivity contribution in [3.63, 3.8) is 0 Å². The van der Waals surface area contributed by atoms with Crippen molar-refractivity contribution >= 4 is 22.5 Å². The van der Waals surface area contributed by atoms with Crippen LogP contribution < -0.4 is 5.32 Å². The fraction of sp³-hybridized carbons (Fsp3) is 0.444. The van der Waals surface area contributed by atoms with Gasteiger partial charge in [-0.15, -0.1) is 0 Å². The Morgan fingerprint density at radius 1 is 1.18 bits per heavy atom. The molecule has 3 aromatic rings. The van der Waals surface area contributed by atoms with Gasteiger partial charge in [-0.3, -0.25) is 4.79 Å². The number of unbranched alkanes of at least 4 members (excludes halogenated alkanes) is 2. The van der Waals surface area contributed by atoms with Crippen LogP contribution in [-0.4, -0.2) is 59.4 Å². The number of nitrogens with one attached hydrogen (secondary N) is 2. The summed E-state index contributed by atoms with van der Waals surface area (Å²) in [5.74, 6) is 0.852. The number of H-pyrrole nitrogens is 1. The number of morpholine rings is 1. The highest BCUT2D eigenvalue weighted by Gasteiger charge is 2.28. The third-order valence-electron chi connectivity index (χ3n) is 6.39. The number of rotatable bonds is 10. The zero-order valence-electron chi connectivity index (χ0n) is 20.0. The van der Waals surface area contributed by atoms with Gasteiger partial charge in [0.1, 0.15) is 17.7 Å². The van der Waals surface area contributed by atoms with Crippen molar-refractivity contribution in [3.8, 4) is 11.3 Å². The smallest absolute Gasteiger partial charge is 0.251 e. The summed E-state index contributed by atoms with van der Waals surface area (Å²) < 4.78 is 5.71. The molecule has 0 radical (unpaired) electrons. The molecular formula is C27H34N4O3. The van der Waals surface area contributed by atoms with Crippen LogP contribution in [0.3, 0.4) is 0 Å². The van der Waals surface area contributed by atoms with Gasteiger partial charge < -0.3 is 24.7 Å². The van der Waals surface area contributed by atoms with Crippen LogP contribution in [0.1, 0.15) is 50.9 Å². The minimum absolute atomic E-state index is 0.107. The molecule has 2 N–H and O–H groups in total. The molecule has 1 fully saturated rings. The van der Waals surface area contributed by atoms with Gasteiger partial charge in [0.15, 0.2) is 0 Å². The van der Waals surface area contributed by atoms with Crippen LogP contribution in [0.5, 0.6) is 0 Å². The number of imidazole rings is 1. The molecule has 2 heterocycles. The number of benzene rings is 2. The van der Waals surface area contributed by atoms with E-state index in [1.54, 1.807) is 6.92 Å². The Balaban J connectivity index is 1.48. The third-order valence-corrected chi connectivity index (χ3v) is 6.39. The average molecular weight is 463 g/mol. The van der Waals surface area contributed by atoms with E-state index >= 15 is 0 Å². The number of hydrogen-bond donors (Lipinski definition) is 2.